The minimum absolute atomic E-state index is 0.698. The molecule has 5 aromatic carbocycles. The predicted molar refractivity (Wildman–Crippen MR) is 167 cm³/mol. The maximum absolute atomic E-state index is 6.17. The van der Waals surface area contributed by atoms with Crippen LogP contribution in [0.15, 0.2) is 156 Å². The Labute approximate surface area is 230 Å². The molecule has 38 heavy (non-hydrogen) atoms. The van der Waals surface area contributed by atoms with E-state index in [4.69, 9.17) is 21.8 Å². The molecule has 0 saturated carbocycles. The zero-order valence-electron chi connectivity index (χ0n) is 21.3. The lowest BCUT2D eigenvalue weighted by atomic mass is 10.0. The average Bonchev–Trinajstić information content (AvgIpc) is 2.99. The van der Waals surface area contributed by atoms with E-state index in [0.717, 1.165) is 28.7 Å². The van der Waals surface area contributed by atoms with Crippen LogP contribution in [-0.4, -0.2) is 17.6 Å². The van der Waals surface area contributed by atoms with Gasteiger partial charge in [0, 0.05) is 16.1 Å². The summed E-state index contributed by atoms with van der Waals surface area (Å²) in [6, 6.07) is 50.5. The van der Waals surface area contributed by atoms with Gasteiger partial charge in [0.05, 0.1) is 5.71 Å². The highest BCUT2D eigenvalue weighted by atomic mass is 35.5. The van der Waals surface area contributed by atoms with Crippen molar-refractivity contribution in [2.75, 3.05) is 6.16 Å². The van der Waals surface area contributed by atoms with Crippen LogP contribution in [0.3, 0.4) is 0 Å². The second-order valence-corrected chi connectivity index (χ2v) is 13.1. The maximum atomic E-state index is 6.17. The zero-order valence-corrected chi connectivity index (χ0v) is 22.9. The molecule has 0 unspecified atom stereocenters. The van der Waals surface area contributed by atoms with Crippen LogP contribution in [-0.2, 0) is 0 Å². The van der Waals surface area contributed by atoms with Gasteiger partial charge in [-0.05, 0) is 55.5 Å². The Hall–Kier alpha value is -3.84. The lowest BCUT2D eigenvalue weighted by Gasteiger charge is -2.27. The lowest BCUT2D eigenvalue weighted by Crippen LogP contribution is -2.35. The molecule has 2 nitrogen and oxygen atoms in total. The second-order valence-electron chi connectivity index (χ2n) is 9.13. The minimum atomic E-state index is -2.04. The van der Waals surface area contributed by atoms with Gasteiger partial charge in [0.2, 0.25) is 0 Å². The van der Waals surface area contributed by atoms with Gasteiger partial charge in [0.1, 0.15) is 35.0 Å². The molecule has 0 N–H and O–H groups in total. The first-order valence-electron chi connectivity index (χ1n) is 12.6. The van der Waals surface area contributed by atoms with Gasteiger partial charge >= 0.3 is 0 Å². The van der Waals surface area contributed by atoms with E-state index < -0.39 is 7.26 Å². The summed E-state index contributed by atoms with van der Waals surface area (Å²) in [4.78, 5) is 0. The highest BCUT2D eigenvalue weighted by molar-refractivity contribution is 7.96. The normalized spacial score (nSPS) is 12.4. The standard InChI is InChI=1S/C34H29ClN2P/c1-27(36-37-34(28-14-6-2-7-15-28)29-22-24-30(35)25-23-29)26-38(31-16-8-3-9-17-31,32-18-10-4-11-19-32)33-20-12-5-13-21-33/h2-25H,26H2,1H3/q+1/b36-27+,37-34+. The predicted octanol–water partition coefficient (Wildman–Crippen LogP) is 7.55. The Morgan fingerprint density at radius 1 is 0.526 bits per heavy atom. The van der Waals surface area contributed by atoms with E-state index in [1.165, 1.54) is 15.9 Å². The minimum Gasteiger partial charge on any atom is -0.156 e. The summed E-state index contributed by atoms with van der Waals surface area (Å²) in [7, 11) is -2.04. The van der Waals surface area contributed by atoms with Crippen molar-refractivity contribution >= 4 is 46.2 Å². The molecule has 5 rings (SSSR count). The summed E-state index contributed by atoms with van der Waals surface area (Å²) in [5.41, 5.74) is 3.80. The van der Waals surface area contributed by atoms with Crippen molar-refractivity contribution < 1.29 is 0 Å². The van der Waals surface area contributed by atoms with Crippen LogP contribution >= 0.6 is 18.9 Å². The maximum Gasteiger partial charge on any atom is 0.117 e. The van der Waals surface area contributed by atoms with Crippen molar-refractivity contribution in [1.29, 1.82) is 0 Å². The molecule has 0 aromatic heterocycles. The monoisotopic (exact) mass is 531 g/mol. The van der Waals surface area contributed by atoms with E-state index in [1.54, 1.807) is 0 Å². The van der Waals surface area contributed by atoms with Gasteiger partial charge < -0.3 is 0 Å². The van der Waals surface area contributed by atoms with E-state index in [9.17, 15) is 0 Å². The highest BCUT2D eigenvalue weighted by Crippen LogP contribution is 2.55. The molecule has 0 amide bonds. The molecular weight excluding hydrogens is 503 g/mol. The molecule has 0 radical (unpaired) electrons. The third kappa shape index (κ3) is 5.68. The van der Waals surface area contributed by atoms with Crippen LogP contribution in [0.5, 0.6) is 0 Å². The fourth-order valence-corrected chi connectivity index (χ4v) is 9.13. The lowest BCUT2D eigenvalue weighted by molar-refractivity contribution is 1.22. The summed E-state index contributed by atoms with van der Waals surface area (Å²) in [5, 5.41) is 14.4. The molecule has 0 aliphatic rings. The number of hydrogen-bond acceptors (Lipinski definition) is 2. The number of halogens is 1. The number of hydrogen-bond donors (Lipinski definition) is 0. The van der Waals surface area contributed by atoms with Gasteiger partial charge in [-0.25, -0.2) is 0 Å². The van der Waals surface area contributed by atoms with Gasteiger partial charge in [-0.3, -0.25) is 0 Å². The van der Waals surface area contributed by atoms with Crippen LogP contribution in [0.1, 0.15) is 18.1 Å². The fraction of sp³-hybridized carbons (Fsp3) is 0.0588. The largest absolute Gasteiger partial charge is 0.156 e. The first-order chi connectivity index (χ1) is 18.7. The second kappa shape index (κ2) is 12.1. The summed E-state index contributed by atoms with van der Waals surface area (Å²) >= 11 is 6.17. The van der Waals surface area contributed by atoms with Crippen molar-refractivity contribution in [3.8, 4) is 0 Å². The van der Waals surface area contributed by atoms with Crippen molar-refractivity contribution in [2.24, 2.45) is 10.2 Å². The van der Waals surface area contributed by atoms with Crippen LogP contribution in [0.4, 0.5) is 0 Å². The fourth-order valence-electron chi connectivity index (χ4n) is 4.76. The van der Waals surface area contributed by atoms with Gasteiger partial charge in [0.25, 0.3) is 0 Å². The van der Waals surface area contributed by atoms with Crippen LogP contribution in [0, 0.1) is 0 Å². The first-order valence-corrected chi connectivity index (χ1v) is 15.0. The van der Waals surface area contributed by atoms with Crippen molar-refractivity contribution in [1.82, 2.24) is 0 Å². The summed E-state index contributed by atoms with van der Waals surface area (Å²) < 4.78 is 0. The zero-order chi connectivity index (χ0) is 26.2. The molecule has 186 valence electrons. The number of rotatable bonds is 8. The third-order valence-electron chi connectivity index (χ3n) is 6.54. The first kappa shape index (κ1) is 25.8. The molecule has 0 atom stereocenters. The third-order valence-corrected chi connectivity index (χ3v) is 11.3. The Bertz CT molecular complexity index is 1420. The molecule has 0 fully saturated rings. The van der Waals surface area contributed by atoms with Crippen molar-refractivity contribution in [3.05, 3.63) is 162 Å². The molecule has 0 saturated heterocycles. The van der Waals surface area contributed by atoms with E-state index in [1.807, 2.05) is 42.5 Å². The van der Waals surface area contributed by atoms with Crippen molar-refractivity contribution in [3.63, 3.8) is 0 Å². The van der Waals surface area contributed by atoms with Gasteiger partial charge in [0.15, 0.2) is 0 Å². The Morgan fingerprint density at radius 3 is 1.37 bits per heavy atom. The molecule has 4 heteroatoms. The molecule has 0 heterocycles. The van der Waals surface area contributed by atoms with Crippen molar-refractivity contribution in [2.45, 2.75) is 6.92 Å². The van der Waals surface area contributed by atoms with Crippen LogP contribution in [0.2, 0.25) is 5.02 Å². The molecule has 0 aliphatic heterocycles. The van der Waals surface area contributed by atoms with E-state index >= 15 is 0 Å². The molecule has 0 spiro atoms. The average molecular weight is 532 g/mol. The molecule has 5 aromatic rings. The van der Waals surface area contributed by atoms with Crippen LogP contribution in [0.25, 0.3) is 0 Å². The van der Waals surface area contributed by atoms with Gasteiger partial charge in [-0.15, -0.1) is 5.10 Å². The molecular formula is C34H29ClN2P+. The number of benzene rings is 5. The topological polar surface area (TPSA) is 24.7 Å². The Balaban J connectivity index is 1.64. The van der Waals surface area contributed by atoms with E-state index in [-0.39, 0.29) is 0 Å². The highest BCUT2D eigenvalue weighted by Gasteiger charge is 2.45. The SMILES string of the molecule is C/C(C[P+](c1ccccc1)(c1ccccc1)c1ccccc1)=N\N=C(/c1ccccc1)c1ccc(Cl)cc1. The van der Waals surface area contributed by atoms with Gasteiger partial charge in [-0.1, -0.05) is 109 Å². The summed E-state index contributed by atoms with van der Waals surface area (Å²) in [6.07, 6.45) is 0.789. The van der Waals surface area contributed by atoms with E-state index in [0.29, 0.717) is 5.02 Å². The Morgan fingerprint density at radius 2 is 0.921 bits per heavy atom. The summed E-state index contributed by atoms with van der Waals surface area (Å²) in [5.74, 6) is 0. The molecule has 0 aliphatic carbocycles. The molecule has 0 bridgehead atoms. The summed E-state index contributed by atoms with van der Waals surface area (Å²) in [6.45, 7) is 2.09. The number of nitrogens with zero attached hydrogens (tertiary/aromatic N) is 2. The smallest absolute Gasteiger partial charge is 0.117 e. The van der Waals surface area contributed by atoms with Crippen LogP contribution < -0.4 is 15.9 Å². The Kier molecular flexibility index (Phi) is 8.24. The van der Waals surface area contributed by atoms with Gasteiger partial charge in [-0.2, -0.15) is 5.10 Å². The quantitative estimate of drug-likeness (QED) is 0.112. The van der Waals surface area contributed by atoms with E-state index in [2.05, 4.69) is 110 Å².